The Morgan fingerprint density at radius 1 is 1.47 bits per heavy atom. The molecule has 1 rings (SSSR count). The SMILES string of the molecule is CC(C)NCCCOC(=O)N1CCC(O)CC1. The molecule has 0 unspecified atom stereocenters. The molecule has 0 atom stereocenters. The molecule has 1 aliphatic heterocycles. The van der Waals surface area contributed by atoms with Crippen molar-refractivity contribution in [1.82, 2.24) is 10.2 Å². The highest BCUT2D eigenvalue weighted by Crippen LogP contribution is 2.10. The van der Waals surface area contributed by atoms with Crippen LogP contribution in [0.1, 0.15) is 33.1 Å². The van der Waals surface area contributed by atoms with E-state index in [0.29, 0.717) is 38.6 Å². The quantitative estimate of drug-likeness (QED) is 0.707. The zero-order valence-electron chi connectivity index (χ0n) is 10.8. The minimum Gasteiger partial charge on any atom is -0.449 e. The molecule has 0 radical (unpaired) electrons. The maximum Gasteiger partial charge on any atom is 0.409 e. The maximum atomic E-state index is 11.6. The van der Waals surface area contributed by atoms with Crippen LogP contribution in [-0.2, 0) is 4.74 Å². The molecule has 1 saturated heterocycles. The van der Waals surface area contributed by atoms with Crippen molar-refractivity contribution in [2.75, 3.05) is 26.2 Å². The normalized spacial score (nSPS) is 17.5. The highest BCUT2D eigenvalue weighted by Gasteiger charge is 2.21. The minimum absolute atomic E-state index is 0.249. The Hall–Kier alpha value is -0.810. The number of aliphatic hydroxyl groups excluding tert-OH is 1. The van der Waals surface area contributed by atoms with Crippen molar-refractivity contribution in [3.8, 4) is 0 Å². The second kappa shape index (κ2) is 7.50. The van der Waals surface area contributed by atoms with Crippen molar-refractivity contribution in [2.24, 2.45) is 0 Å². The number of hydrogen-bond acceptors (Lipinski definition) is 4. The molecule has 2 N–H and O–H groups in total. The number of likely N-dealkylation sites (tertiary alicyclic amines) is 1. The van der Waals surface area contributed by atoms with Gasteiger partial charge in [0.1, 0.15) is 0 Å². The number of carbonyl (C=O) groups excluding carboxylic acids is 1. The van der Waals surface area contributed by atoms with Crippen LogP contribution in [0.5, 0.6) is 0 Å². The maximum absolute atomic E-state index is 11.6. The number of amides is 1. The number of nitrogens with zero attached hydrogens (tertiary/aromatic N) is 1. The van der Waals surface area contributed by atoms with Crippen LogP contribution in [0.2, 0.25) is 0 Å². The Labute approximate surface area is 103 Å². The van der Waals surface area contributed by atoms with E-state index < -0.39 is 0 Å². The van der Waals surface area contributed by atoms with Crippen LogP contribution in [-0.4, -0.2) is 54.5 Å². The van der Waals surface area contributed by atoms with Crippen molar-refractivity contribution in [3.63, 3.8) is 0 Å². The number of ether oxygens (including phenoxy) is 1. The van der Waals surface area contributed by atoms with Gasteiger partial charge in [-0.2, -0.15) is 0 Å². The summed E-state index contributed by atoms with van der Waals surface area (Å²) >= 11 is 0. The van der Waals surface area contributed by atoms with Gasteiger partial charge in [0.25, 0.3) is 0 Å². The van der Waals surface area contributed by atoms with Gasteiger partial charge in [0.15, 0.2) is 0 Å². The molecule has 0 aromatic heterocycles. The Kier molecular flexibility index (Phi) is 6.29. The van der Waals surface area contributed by atoms with E-state index in [4.69, 9.17) is 4.74 Å². The molecule has 0 saturated carbocycles. The van der Waals surface area contributed by atoms with Crippen molar-refractivity contribution < 1.29 is 14.6 Å². The predicted octanol–water partition coefficient (Wildman–Crippen LogP) is 0.968. The molecular weight excluding hydrogens is 220 g/mol. The van der Waals surface area contributed by atoms with E-state index in [1.807, 2.05) is 0 Å². The fraction of sp³-hybridized carbons (Fsp3) is 0.917. The van der Waals surface area contributed by atoms with Gasteiger partial charge in [0, 0.05) is 19.1 Å². The summed E-state index contributed by atoms with van der Waals surface area (Å²) in [4.78, 5) is 13.3. The third-order valence-corrected chi connectivity index (χ3v) is 2.82. The van der Waals surface area contributed by atoms with Crippen LogP contribution < -0.4 is 5.32 Å². The van der Waals surface area contributed by atoms with E-state index in [-0.39, 0.29) is 12.2 Å². The predicted molar refractivity (Wildman–Crippen MR) is 65.9 cm³/mol. The average molecular weight is 244 g/mol. The van der Waals surface area contributed by atoms with Crippen LogP contribution in [0.4, 0.5) is 4.79 Å². The molecule has 1 amide bonds. The second-order valence-electron chi connectivity index (χ2n) is 4.79. The van der Waals surface area contributed by atoms with Gasteiger partial charge in [-0.3, -0.25) is 0 Å². The molecule has 1 aliphatic rings. The summed E-state index contributed by atoms with van der Waals surface area (Å²) in [7, 11) is 0. The van der Waals surface area contributed by atoms with Gasteiger partial charge < -0.3 is 20.1 Å². The van der Waals surface area contributed by atoms with E-state index >= 15 is 0 Å². The van der Waals surface area contributed by atoms with Crippen LogP contribution in [0.3, 0.4) is 0 Å². The van der Waals surface area contributed by atoms with E-state index in [1.54, 1.807) is 4.90 Å². The Morgan fingerprint density at radius 2 is 2.12 bits per heavy atom. The van der Waals surface area contributed by atoms with Crippen LogP contribution in [0.25, 0.3) is 0 Å². The van der Waals surface area contributed by atoms with Crippen molar-refractivity contribution in [2.45, 2.75) is 45.3 Å². The summed E-state index contributed by atoms with van der Waals surface area (Å²) in [5.74, 6) is 0. The van der Waals surface area contributed by atoms with Crippen molar-refractivity contribution >= 4 is 6.09 Å². The van der Waals surface area contributed by atoms with E-state index in [2.05, 4.69) is 19.2 Å². The topological polar surface area (TPSA) is 61.8 Å². The zero-order chi connectivity index (χ0) is 12.7. The minimum atomic E-state index is -0.255. The number of hydrogen-bond donors (Lipinski definition) is 2. The van der Waals surface area contributed by atoms with Gasteiger partial charge in [-0.1, -0.05) is 13.8 Å². The molecule has 1 fully saturated rings. The van der Waals surface area contributed by atoms with Gasteiger partial charge in [-0.15, -0.1) is 0 Å². The molecule has 0 aliphatic carbocycles. The van der Waals surface area contributed by atoms with Gasteiger partial charge >= 0.3 is 6.09 Å². The molecule has 0 bridgehead atoms. The Bertz CT molecular complexity index is 226. The first-order valence-electron chi connectivity index (χ1n) is 6.42. The summed E-state index contributed by atoms with van der Waals surface area (Å²) in [6.45, 7) is 6.70. The third kappa shape index (κ3) is 5.89. The molecule has 0 spiro atoms. The molecule has 17 heavy (non-hydrogen) atoms. The first-order valence-corrected chi connectivity index (χ1v) is 6.42. The number of nitrogens with one attached hydrogen (secondary N) is 1. The third-order valence-electron chi connectivity index (χ3n) is 2.82. The van der Waals surface area contributed by atoms with Gasteiger partial charge in [-0.25, -0.2) is 4.79 Å². The molecule has 1 heterocycles. The lowest BCUT2D eigenvalue weighted by atomic mass is 10.1. The highest BCUT2D eigenvalue weighted by molar-refractivity contribution is 5.67. The molecule has 5 nitrogen and oxygen atoms in total. The van der Waals surface area contributed by atoms with E-state index in [9.17, 15) is 9.90 Å². The fourth-order valence-corrected chi connectivity index (χ4v) is 1.76. The molecule has 0 aromatic rings. The first kappa shape index (κ1) is 14.3. The first-order chi connectivity index (χ1) is 8.09. The van der Waals surface area contributed by atoms with Gasteiger partial charge in [0.05, 0.1) is 12.7 Å². The number of rotatable bonds is 5. The van der Waals surface area contributed by atoms with Crippen molar-refractivity contribution in [1.29, 1.82) is 0 Å². The standard InChI is InChI=1S/C12H24N2O3/c1-10(2)13-6-3-9-17-12(16)14-7-4-11(15)5-8-14/h10-11,13,15H,3-9H2,1-2H3. The molecule has 5 heteroatoms. The Morgan fingerprint density at radius 3 is 2.71 bits per heavy atom. The van der Waals surface area contributed by atoms with Gasteiger partial charge in [0.2, 0.25) is 0 Å². The lowest BCUT2D eigenvalue weighted by molar-refractivity contribution is 0.0588. The number of aliphatic hydroxyl groups is 1. The number of carbonyl (C=O) groups is 1. The largest absolute Gasteiger partial charge is 0.449 e. The summed E-state index contributed by atoms with van der Waals surface area (Å²) in [5, 5.41) is 12.6. The summed E-state index contributed by atoms with van der Waals surface area (Å²) < 4.78 is 5.16. The summed E-state index contributed by atoms with van der Waals surface area (Å²) in [6, 6.07) is 0.467. The zero-order valence-corrected chi connectivity index (χ0v) is 10.8. The van der Waals surface area contributed by atoms with E-state index in [1.165, 1.54) is 0 Å². The summed E-state index contributed by atoms with van der Waals surface area (Å²) in [5.41, 5.74) is 0. The van der Waals surface area contributed by atoms with Crippen LogP contribution in [0.15, 0.2) is 0 Å². The lowest BCUT2D eigenvalue weighted by Crippen LogP contribution is -2.40. The molecule has 0 aromatic carbocycles. The lowest BCUT2D eigenvalue weighted by Gasteiger charge is -2.28. The second-order valence-corrected chi connectivity index (χ2v) is 4.79. The highest BCUT2D eigenvalue weighted by atomic mass is 16.6. The number of piperidine rings is 1. The van der Waals surface area contributed by atoms with Crippen LogP contribution in [0, 0.1) is 0 Å². The summed E-state index contributed by atoms with van der Waals surface area (Å²) in [6.07, 6.45) is 1.64. The molecule has 100 valence electrons. The fourth-order valence-electron chi connectivity index (χ4n) is 1.76. The molecular formula is C12H24N2O3. The van der Waals surface area contributed by atoms with E-state index in [0.717, 1.165) is 13.0 Å². The Balaban J connectivity index is 2.05. The van der Waals surface area contributed by atoms with Crippen LogP contribution >= 0.6 is 0 Å². The average Bonchev–Trinajstić information content (AvgIpc) is 2.29. The van der Waals surface area contributed by atoms with Crippen molar-refractivity contribution in [3.05, 3.63) is 0 Å². The monoisotopic (exact) mass is 244 g/mol. The smallest absolute Gasteiger partial charge is 0.409 e. The van der Waals surface area contributed by atoms with Gasteiger partial charge in [-0.05, 0) is 25.8 Å².